The summed E-state index contributed by atoms with van der Waals surface area (Å²) >= 11 is 23.8. The fourth-order valence-electron chi connectivity index (χ4n) is 2.37. The number of ether oxygens (including phenoxy) is 1. The van der Waals surface area contributed by atoms with Gasteiger partial charge in [-0.15, -0.1) is 0 Å². The maximum Gasteiger partial charge on any atom is 0.326 e. The van der Waals surface area contributed by atoms with E-state index in [9.17, 15) is 9.59 Å². The quantitative estimate of drug-likeness (QED) is 0.449. The smallest absolute Gasteiger partial charge is 0.326 e. The van der Waals surface area contributed by atoms with E-state index in [1.165, 1.54) is 18.3 Å². The number of imide groups is 1. The molecule has 0 aliphatic heterocycles. The molecule has 3 aromatic rings. The summed E-state index contributed by atoms with van der Waals surface area (Å²) in [5.41, 5.74) is 1.19. The molecule has 0 aliphatic rings. The molecule has 0 saturated heterocycles. The monoisotopic (exact) mass is 483 g/mol. The molecule has 154 valence electrons. The third-order valence-electron chi connectivity index (χ3n) is 3.78. The van der Waals surface area contributed by atoms with Gasteiger partial charge in [-0.05, 0) is 35.9 Å². The zero-order valence-corrected chi connectivity index (χ0v) is 18.1. The number of nitrogens with zero attached hydrogens (tertiary/aromatic N) is 1. The second-order valence-electron chi connectivity index (χ2n) is 5.93. The van der Waals surface area contributed by atoms with Gasteiger partial charge >= 0.3 is 6.03 Å². The highest BCUT2D eigenvalue weighted by Crippen LogP contribution is 2.24. The number of halogens is 4. The molecule has 0 atom stereocenters. The summed E-state index contributed by atoms with van der Waals surface area (Å²) in [4.78, 5) is 28.4. The highest BCUT2D eigenvalue weighted by molar-refractivity contribution is 6.42. The molecule has 0 aliphatic carbocycles. The van der Waals surface area contributed by atoms with Gasteiger partial charge in [-0.1, -0.05) is 58.5 Å². The van der Waals surface area contributed by atoms with Crippen LogP contribution in [0.1, 0.15) is 15.9 Å². The van der Waals surface area contributed by atoms with E-state index in [1.807, 2.05) is 0 Å². The predicted octanol–water partition coefficient (Wildman–Crippen LogP) is 6.24. The number of amides is 3. The minimum atomic E-state index is -0.762. The Bertz CT molecular complexity index is 1070. The van der Waals surface area contributed by atoms with Crippen molar-refractivity contribution in [2.24, 2.45) is 0 Å². The van der Waals surface area contributed by atoms with Gasteiger partial charge in [0.05, 0.1) is 37.5 Å². The van der Waals surface area contributed by atoms with E-state index in [4.69, 9.17) is 51.1 Å². The molecular formula is C20H13Cl4N3O3. The van der Waals surface area contributed by atoms with Crippen molar-refractivity contribution >= 4 is 64.0 Å². The summed E-state index contributed by atoms with van der Waals surface area (Å²) in [6.45, 7) is 0.240. The van der Waals surface area contributed by atoms with Crippen LogP contribution in [0.15, 0.2) is 54.7 Å². The molecule has 1 heterocycles. The minimum absolute atomic E-state index is 0.0140. The van der Waals surface area contributed by atoms with Crippen LogP contribution in [0.3, 0.4) is 0 Å². The van der Waals surface area contributed by atoms with Crippen molar-refractivity contribution in [1.82, 2.24) is 10.3 Å². The van der Waals surface area contributed by atoms with Gasteiger partial charge in [-0.2, -0.15) is 0 Å². The van der Waals surface area contributed by atoms with Crippen molar-refractivity contribution in [3.63, 3.8) is 0 Å². The Labute approximate surface area is 192 Å². The Morgan fingerprint density at radius 3 is 2.27 bits per heavy atom. The van der Waals surface area contributed by atoms with Crippen LogP contribution < -0.4 is 15.4 Å². The lowest BCUT2D eigenvalue weighted by Crippen LogP contribution is -2.34. The maximum atomic E-state index is 12.2. The van der Waals surface area contributed by atoms with Crippen molar-refractivity contribution in [3.8, 4) is 5.88 Å². The van der Waals surface area contributed by atoms with E-state index in [0.29, 0.717) is 21.6 Å². The highest BCUT2D eigenvalue weighted by Gasteiger charge is 2.17. The van der Waals surface area contributed by atoms with E-state index < -0.39 is 11.9 Å². The lowest BCUT2D eigenvalue weighted by molar-refractivity contribution is 0.0967. The second-order valence-corrected chi connectivity index (χ2v) is 7.56. The van der Waals surface area contributed by atoms with Crippen molar-refractivity contribution in [2.45, 2.75) is 6.61 Å². The number of hydrogen-bond acceptors (Lipinski definition) is 4. The molecule has 30 heavy (non-hydrogen) atoms. The average Bonchev–Trinajstić information content (AvgIpc) is 2.69. The molecule has 0 bridgehead atoms. The van der Waals surface area contributed by atoms with Crippen LogP contribution in [0, 0.1) is 0 Å². The number of rotatable bonds is 5. The van der Waals surface area contributed by atoms with Gasteiger partial charge in [0, 0.05) is 6.07 Å². The van der Waals surface area contributed by atoms with Crippen molar-refractivity contribution < 1.29 is 14.3 Å². The van der Waals surface area contributed by atoms with Gasteiger partial charge in [0.15, 0.2) is 0 Å². The molecule has 0 fully saturated rings. The molecule has 0 spiro atoms. The molecule has 10 heteroatoms. The zero-order valence-electron chi connectivity index (χ0n) is 15.1. The predicted molar refractivity (Wildman–Crippen MR) is 118 cm³/mol. The van der Waals surface area contributed by atoms with Crippen LogP contribution in [0.2, 0.25) is 20.1 Å². The third-order valence-corrected chi connectivity index (χ3v) is 5.15. The van der Waals surface area contributed by atoms with Gasteiger partial charge in [-0.3, -0.25) is 10.1 Å². The lowest BCUT2D eigenvalue weighted by atomic mass is 10.2. The fourth-order valence-corrected chi connectivity index (χ4v) is 3.26. The standard InChI is InChI=1S/C20H13Cl4N3O3/c21-13-6-4-11(8-16(13)24)10-30-17-7-5-12(9-25-17)26-20(29)27-19(28)18-14(22)2-1-3-15(18)23/h1-9H,10H2,(H2,26,27,28,29). The Hall–Kier alpha value is -2.51. The van der Waals surface area contributed by atoms with E-state index in [0.717, 1.165) is 5.56 Å². The first kappa shape index (κ1) is 22.2. The van der Waals surface area contributed by atoms with E-state index in [-0.39, 0.29) is 22.2 Å². The number of pyridine rings is 1. The first-order valence-corrected chi connectivity index (χ1v) is 9.94. The molecule has 1 aromatic heterocycles. The van der Waals surface area contributed by atoms with Gasteiger partial charge in [0.25, 0.3) is 5.91 Å². The van der Waals surface area contributed by atoms with Gasteiger partial charge in [0.2, 0.25) is 5.88 Å². The average molecular weight is 485 g/mol. The molecule has 0 saturated carbocycles. The molecule has 3 rings (SSSR count). The summed E-state index contributed by atoms with van der Waals surface area (Å²) in [6.07, 6.45) is 1.39. The molecule has 2 N–H and O–H groups in total. The van der Waals surface area contributed by atoms with Crippen molar-refractivity contribution in [1.29, 1.82) is 0 Å². The molecular weight excluding hydrogens is 472 g/mol. The molecule has 6 nitrogen and oxygen atoms in total. The number of hydrogen-bond donors (Lipinski definition) is 2. The normalized spacial score (nSPS) is 10.4. The van der Waals surface area contributed by atoms with Crippen LogP contribution in [-0.2, 0) is 6.61 Å². The van der Waals surface area contributed by atoms with Crippen molar-refractivity contribution in [3.05, 3.63) is 85.9 Å². The maximum absolute atomic E-state index is 12.2. The number of anilines is 1. The number of carbonyl (C=O) groups excluding carboxylic acids is 2. The summed E-state index contributed by atoms with van der Waals surface area (Å²) in [5, 5.41) is 5.82. The van der Waals surface area contributed by atoms with Gasteiger partial charge < -0.3 is 10.1 Å². The van der Waals surface area contributed by atoms with Gasteiger partial charge in [0.1, 0.15) is 6.61 Å². The van der Waals surface area contributed by atoms with Crippen molar-refractivity contribution in [2.75, 3.05) is 5.32 Å². The Morgan fingerprint density at radius 1 is 0.900 bits per heavy atom. The van der Waals surface area contributed by atoms with E-state index in [2.05, 4.69) is 15.6 Å². The fraction of sp³-hybridized carbons (Fsp3) is 0.0500. The first-order chi connectivity index (χ1) is 14.3. The zero-order chi connectivity index (χ0) is 21.7. The van der Waals surface area contributed by atoms with Crippen LogP contribution in [0.4, 0.5) is 10.5 Å². The lowest BCUT2D eigenvalue weighted by Gasteiger charge is -2.10. The Balaban J connectivity index is 1.55. The minimum Gasteiger partial charge on any atom is -0.473 e. The molecule has 3 amide bonds. The Morgan fingerprint density at radius 2 is 1.63 bits per heavy atom. The highest BCUT2D eigenvalue weighted by atomic mass is 35.5. The topological polar surface area (TPSA) is 80.3 Å². The van der Waals surface area contributed by atoms with Crippen LogP contribution in [-0.4, -0.2) is 16.9 Å². The summed E-state index contributed by atoms with van der Waals surface area (Å²) < 4.78 is 5.57. The number of urea groups is 1. The van der Waals surface area contributed by atoms with Crippen LogP contribution >= 0.6 is 46.4 Å². The van der Waals surface area contributed by atoms with Crippen LogP contribution in [0.25, 0.3) is 0 Å². The second kappa shape index (κ2) is 10.00. The number of aromatic nitrogens is 1. The number of benzene rings is 2. The SMILES string of the molecule is O=C(NC(=O)c1c(Cl)cccc1Cl)Nc1ccc(OCc2ccc(Cl)c(Cl)c2)nc1. The summed E-state index contributed by atoms with van der Waals surface area (Å²) in [7, 11) is 0. The largest absolute Gasteiger partial charge is 0.473 e. The van der Waals surface area contributed by atoms with Crippen LogP contribution in [0.5, 0.6) is 5.88 Å². The van der Waals surface area contributed by atoms with Gasteiger partial charge in [-0.25, -0.2) is 9.78 Å². The number of carbonyl (C=O) groups is 2. The Kier molecular flexibility index (Phi) is 7.39. The molecule has 0 unspecified atom stereocenters. The molecule has 2 aromatic carbocycles. The summed E-state index contributed by atoms with van der Waals surface area (Å²) in [5.74, 6) is -0.386. The molecule has 0 radical (unpaired) electrons. The first-order valence-electron chi connectivity index (χ1n) is 8.42. The number of nitrogens with one attached hydrogen (secondary N) is 2. The van der Waals surface area contributed by atoms with E-state index in [1.54, 1.807) is 36.4 Å². The third kappa shape index (κ3) is 5.77. The summed E-state index contributed by atoms with van der Waals surface area (Å²) in [6, 6.07) is 12.1. The van der Waals surface area contributed by atoms with E-state index >= 15 is 0 Å².